The number of nitrogens with zero attached hydrogens (tertiary/aromatic N) is 3. The Bertz CT molecular complexity index is 995. The predicted molar refractivity (Wildman–Crippen MR) is 129 cm³/mol. The average Bonchev–Trinajstić information content (AvgIpc) is 3.23. The number of halogens is 2. The Morgan fingerprint density at radius 1 is 1.21 bits per heavy atom. The van der Waals surface area contributed by atoms with Crippen molar-refractivity contribution in [3.8, 4) is 0 Å². The topological polar surface area (TPSA) is 91.8 Å². The first kappa shape index (κ1) is 25.4. The van der Waals surface area contributed by atoms with Crippen LogP contribution >= 0.6 is 34.5 Å². The molecule has 1 aromatic heterocycles. The van der Waals surface area contributed by atoms with E-state index in [9.17, 15) is 14.4 Å². The molecule has 0 atom stereocenters. The maximum atomic E-state index is 13.0. The quantitative estimate of drug-likeness (QED) is 0.552. The van der Waals surface area contributed by atoms with E-state index in [0.29, 0.717) is 15.8 Å². The number of aromatic nitrogens is 1. The minimum Gasteiger partial charge on any atom is -0.383 e. The summed E-state index contributed by atoms with van der Waals surface area (Å²) in [6.07, 6.45) is 3.43. The lowest BCUT2D eigenvalue weighted by atomic mass is 10.1. The Morgan fingerprint density at radius 3 is 2.67 bits per heavy atom. The zero-order valence-electron chi connectivity index (χ0n) is 18.3. The predicted octanol–water partition coefficient (Wildman–Crippen LogP) is 3.73. The van der Waals surface area contributed by atoms with Gasteiger partial charge in [0.1, 0.15) is 6.54 Å². The summed E-state index contributed by atoms with van der Waals surface area (Å²) in [5, 5.41) is 5.47. The molecule has 0 saturated carbocycles. The first-order chi connectivity index (χ1) is 15.9. The highest BCUT2D eigenvalue weighted by molar-refractivity contribution is 7.13. The molecule has 3 rings (SSSR count). The first-order valence-electron chi connectivity index (χ1n) is 10.6. The largest absolute Gasteiger partial charge is 0.383 e. The fourth-order valence-electron chi connectivity index (χ4n) is 3.47. The minimum atomic E-state index is -0.409. The van der Waals surface area contributed by atoms with E-state index in [2.05, 4.69) is 10.3 Å². The Hall–Kier alpha value is -2.20. The van der Waals surface area contributed by atoms with Gasteiger partial charge in [-0.25, -0.2) is 4.98 Å². The molecule has 0 unspecified atom stereocenters. The van der Waals surface area contributed by atoms with Crippen LogP contribution in [0.25, 0.3) is 0 Å². The average molecular weight is 513 g/mol. The normalized spacial score (nSPS) is 13.6. The number of amides is 3. The smallest absolute Gasteiger partial charge is 0.255 e. The number of rotatable bonds is 9. The maximum Gasteiger partial charge on any atom is 0.255 e. The highest BCUT2D eigenvalue weighted by atomic mass is 35.5. The van der Waals surface area contributed by atoms with Gasteiger partial charge < -0.3 is 19.9 Å². The summed E-state index contributed by atoms with van der Waals surface area (Å²) in [6.45, 7) is 1.83. The molecule has 33 heavy (non-hydrogen) atoms. The summed E-state index contributed by atoms with van der Waals surface area (Å²) in [6, 6.07) is 4.57. The van der Waals surface area contributed by atoms with E-state index in [1.807, 2.05) is 4.90 Å². The summed E-state index contributed by atoms with van der Waals surface area (Å²) in [5.41, 5.74) is 0.865. The van der Waals surface area contributed by atoms with Gasteiger partial charge in [-0.05, 0) is 37.5 Å². The van der Waals surface area contributed by atoms with Crippen LogP contribution in [0.1, 0.15) is 35.3 Å². The molecule has 2 aromatic rings. The first-order valence-corrected chi connectivity index (χ1v) is 12.3. The molecular formula is C22H26Cl2N4O4S. The van der Waals surface area contributed by atoms with Crippen molar-refractivity contribution in [3.63, 3.8) is 0 Å². The van der Waals surface area contributed by atoms with Crippen molar-refractivity contribution >= 4 is 57.4 Å². The Labute approximate surface area is 206 Å². The van der Waals surface area contributed by atoms with Crippen LogP contribution in [-0.4, -0.2) is 72.4 Å². The molecule has 1 aromatic carbocycles. The van der Waals surface area contributed by atoms with Gasteiger partial charge in [0.25, 0.3) is 5.91 Å². The Kier molecular flexibility index (Phi) is 9.49. The molecule has 0 radical (unpaired) electrons. The molecular weight excluding hydrogens is 487 g/mol. The van der Waals surface area contributed by atoms with E-state index >= 15 is 0 Å². The molecule has 1 aliphatic heterocycles. The van der Waals surface area contributed by atoms with Crippen LogP contribution in [0.4, 0.5) is 5.13 Å². The van der Waals surface area contributed by atoms with Crippen molar-refractivity contribution in [1.82, 2.24) is 14.8 Å². The number of thiazole rings is 1. The second kappa shape index (κ2) is 12.3. The minimum absolute atomic E-state index is 0.0501. The van der Waals surface area contributed by atoms with Crippen molar-refractivity contribution in [2.24, 2.45) is 0 Å². The fraction of sp³-hybridized carbons (Fsp3) is 0.455. The van der Waals surface area contributed by atoms with E-state index in [0.717, 1.165) is 32.4 Å². The summed E-state index contributed by atoms with van der Waals surface area (Å²) >= 11 is 13.3. The molecule has 0 bridgehead atoms. The lowest BCUT2D eigenvalue weighted by Crippen LogP contribution is -2.40. The fourth-order valence-corrected chi connectivity index (χ4v) is 4.69. The summed E-state index contributed by atoms with van der Waals surface area (Å²) in [5.74, 6) is -0.766. The number of likely N-dealkylation sites (tertiary alicyclic amines) is 1. The van der Waals surface area contributed by atoms with E-state index in [4.69, 9.17) is 27.9 Å². The summed E-state index contributed by atoms with van der Waals surface area (Å²) in [7, 11) is 1.51. The van der Waals surface area contributed by atoms with Crippen LogP contribution in [0.5, 0.6) is 0 Å². The van der Waals surface area contributed by atoms with Gasteiger partial charge in [0.05, 0.1) is 29.3 Å². The molecule has 8 nitrogen and oxygen atoms in total. The van der Waals surface area contributed by atoms with Crippen molar-refractivity contribution in [3.05, 3.63) is 44.9 Å². The van der Waals surface area contributed by atoms with E-state index in [-0.39, 0.29) is 42.6 Å². The molecule has 1 fully saturated rings. The zero-order valence-corrected chi connectivity index (χ0v) is 20.6. The number of nitrogens with one attached hydrogen (secondary N) is 1. The number of ether oxygens (including phenoxy) is 1. The number of carbonyl (C=O) groups excluding carboxylic acids is 3. The van der Waals surface area contributed by atoms with Crippen LogP contribution in [-0.2, 0) is 20.7 Å². The summed E-state index contributed by atoms with van der Waals surface area (Å²) in [4.78, 5) is 45.6. The monoisotopic (exact) mass is 512 g/mol. The molecule has 0 aliphatic carbocycles. The van der Waals surface area contributed by atoms with Gasteiger partial charge in [-0.1, -0.05) is 23.2 Å². The summed E-state index contributed by atoms with van der Waals surface area (Å²) < 4.78 is 5.07. The molecule has 1 N–H and O–H groups in total. The van der Waals surface area contributed by atoms with Gasteiger partial charge in [-0.3, -0.25) is 14.4 Å². The van der Waals surface area contributed by atoms with Gasteiger partial charge in [-0.2, -0.15) is 0 Å². The highest BCUT2D eigenvalue weighted by Gasteiger charge is 2.22. The van der Waals surface area contributed by atoms with Gasteiger partial charge >= 0.3 is 0 Å². The van der Waals surface area contributed by atoms with Crippen molar-refractivity contribution in [2.45, 2.75) is 25.7 Å². The maximum absolute atomic E-state index is 13.0. The standard InChI is InChI=1S/C22H26Cl2N4O4S/c1-32-10-9-28(21(31)17-6-5-15(23)11-18(17)24)13-19(29)26-22-25-16(14-33-22)12-20(30)27-7-3-2-4-8-27/h5-6,11,14H,2-4,7-10,12-13H2,1H3,(H,25,26,29). The third-order valence-corrected chi connectivity index (χ3v) is 6.54. The molecule has 3 amide bonds. The van der Waals surface area contributed by atoms with Crippen LogP contribution in [0.2, 0.25) is 10.0 Å². The van der Waals surface area contributed by atoms with E-state index in [1.165, 1.54) is 35.5 Å². The third kappa shape index (κ3) is 7.40. The van der Waals surface area contributed by atoms with Crippen molar-refractivity contribution in [2.75, 3.05) is 45.2 Å². The zero-order chi connectivity index (χ0) is 23.8. The van der Waals surface area contributed by atoms with Crippen LogP contribution < -0.4 is 5.32 Å². The van der Waals surface area contributed by atoms with Crippen molar-refractivity contribution in [1.29, 1.82) is 0 Å². The van der Waals surface area contributed by atoms with Crippen LogP contribution in [0.15, 0.2) is 23.6 Å². The molecule has 11 heteroatoms. The van der Waals surface area contributed by atoms with Crippen LogP contribution in [0.3, 0.4) is 0 Å². The van der Waals surface area contributed by atoms with Gasteiger partial charge in [0.15, 0.2) is 5.13 Å². The second-order valence-corrected chi connectivity index (χ2v) is 9.36. The van der Waals surface area contributed by atoms with Gasteiger partial charge in [0, 0.05) is 37.1 Å². The van der Waals surface area contributed by atoms with E-state index in [1.54, 1.807) is 11.4 Å². The third-order valence-electron chi connectivity index (χ3n) is 5.19. The number of hydrogen-bond donors (Lipinski definition) is 1. The van der Waals surface area contributed by atoms with Gasteiger partial charge in [0.2, 0.25) is 11.8 Å². The molecule has 1 aliphatic rings. The number of piperidine rings is 1. The SMILES string of the molecule is COCCN(CC(=O)Nc1nc(CC(=O)N2CCCCC2)cs1)C(=O)c1ccc(Cl)cc1Cl. The number of benzene rings is 1. The molecule has 2 heterocycles. The molecule has 1 saturated heterocycles. The van der Waals surface area contributed by atoms with Crippen LogP contribution in [0, 0.1) is 0 Å². The number of methoxy groups -OCH3 is 1. The highest BCUT2D eigenvalue weighted by Crippen LogP contribution is 2.23. The Balaban J connectivity index is 1.59. The molecule has 0 spiro atoms. The number of anilines is 1. The number of carbonyl (C=O) groups is 3. The molecule has 178 valence electrons. The lowest BCUT2D eigenvalue weighted by Gasteiger charge is -2.26. The second-order valence-electron chi connectivity index (χ2n) is 7.65. The number of hydrogen-bond acceptors (Lipinski definition) is 6. The van der Waals surface area contributed by atoms with Gasteiger partial charge in [-0.15, -0.1) is 11.3 Å². The van der Waals surface area contributed by atoms with E-state index < -0.39 is 11.8 Å². The Morgan fingerprint density at radius 2 is 1.97 bits per heavy atom. The lowest BCUT2D eigenvalue weighted by molar-refractivity contribution is -0.131. The van der Waals surface area contributed by atoms with Crippen molar-refractivity contribution < 1.29 is 19.1 Å².